The molecule has 2 saturated heterocycles. The first-order valence-corrected chi connectivity index (χ1v) is 7.61. The Hall–Kier alpha value is -0.700. The Labute approximate surface area is 106 Å². The number of amides is 1. The summed E-state index contributed by atoms with van der Waals surface area (Å²) < 4.78 is 30.3. The molecule has 1 amide bonds. The highest BCUT2D eigenvalue weighted by Gasteiger charge is 2.30. The second-order valence-corrected chi connectivity index (χ2v) is 6.62. The third-order valence-corrected chi connectivity index (χ3v) is 5.02. The number of β-amino-alcohol motifs (C(OH)–C–C–N with tert-alkyl or cyclic N) is 1. The molecule has 0 aromatic heterocycles. The van der Waals surface area contributed by atoms with Gasteiger partial charge in [-0.25, -0.2) is 8.42 Å². The molecular weight excluding hydrogens is 260 g/mol. The van der Waals surface area contributed by atoms with Crippen molar-refractivity contribution >= 4 is 15.9 Å². The maximum atomic E-state index is 11.9. The van der Waals surface area contributed by atoms with Crippen LogP contribution in [0.4, 0.5) is 0 Å². The molecule has 0 radical (unpaired) electrons. The summed E-state index contributed by atoms with van der Waals surface area (Å²) in [6.07, 6.45) is -0.475. The molecular formula is C10H18N2O5S. The number of nitrogens with zero attached hydrogens (tertiary/aromatic N) is 2. The molecule has 0 saturated carbocycles. The first-order chi connectivity index (χ1) is 8.49. The van der Waals surface area contributed by atoms with Gasteiger partial charge < -0.3 is 14.7 Å². The molecule has 0 unspecified atom stereocenters. The van der Waals surface area contributed by atoms with Crippen LogP contribution in [0.25, 0.3) is 0 Å². The minimum Gasteiger partial charge on any atom is -0.389 e. The van der Waals surface area contributed by atoms with E-state index in [1.165, 1.54) is 9.21 Å². The Balaban J connectivity index is 1.79. The zero-order valence-electron chi connectivity index (χ0n) is 10.1. The van der Waals surface area contributed by atoms with Gasteiger partial charge >= 0.3 is 0 Å². The van der Waals surface area contributed by atoms with Crippen LogP contribution in [-0.2, 0) is 19.6 Å². The van der Waals surface area contributed by atoms with E-state index in [1.807, 2.05) is 0 Å². The molecule has 0 aromatic carbocycles. The highest BCUT2D eigenvalue weighted by molar-refractivity contribution is 7.89. The summed E-state index contributed by atoms with van der Waals surface area (Å²) in [6.45, 7) is 2.17. The fourth-order valence-electron chi connectivity index (χ4n) is 1.99. The summed E-state index contributed by atoms with van der Waals surface area (Å²) in [7, 11) is -3.37. The van der Waals surface area contributed by atoms with Crippen molar-refractivity contribution in [3.8, 4) is 0 Å². The van der Waals surface area contributed by atoms with Crippen LogP contribution < -0.4 is 0 Å². The smallest absolute Gasteiger partial charge is 0.223 e. The molecule has 0 bridgehead atoms. The van der Waals surface area contributed by atoms with Crippen LogP contribution in [0.2, 0.25) is 0 Å². The van der Waals surface area contributed by atoms with Crippen molar-refractivity contribution in [1.29, 1.82) is 0 Å². The summed E-state index contributed by atoms with van der Waals surface area (Å²) in [5.41, 5.74) is 0. The van der Waals surface area contributed by atoms with Crippen LogP contribution in [0.5, 0.6) is 0 Å². The van der Waals surface area contributed by atoms with Crippen molar-refractivity contribution in [2.45, 2.75) is 12.5 Å². The molecule has 0 aromatic rings. The van der Waals surface area contributed by atoms with Gasteiger partial charge in [0.1, 0.15) is 0 Å². The van der Waals surface area contributed by atoms with Crippen molar-refractivity contribution in [2.75, 3.05) is 45.1 Å². The van der Waals surface area contributed by atoms with Crippen LogP contribution >= 0.6 is 0 Å². The first-order valence-electron chi connectivity index (χ1n) is 6.00. The Morgan fingerprint density at radius 3 is 2.44 bits per heavy atom. The van der Waals surface area contributed by atoms with Gasteiger partial charge in [-0.3, -0.25) is 4.79 Å². The molecule has 104 valence electrons. The zero-order chi connectivity index (χ0) is 13.2. The summed E-state index contributed by atoms with van der Waals surface area (Å²) in [5.74, 6) is -0.379. The second-order valence-electron chi connectivity index (χ2n) is 4.53. The monoisotopic (exact) mass is 278 g/mol. The predicted octanol–water partition coefficient (Wildman–Crippen LogP) is -1.76. The number of ether oxygens (including phenoxy) is 1. The van der Waals surface area contributed by atoms with E-state index < -0.39 is 16.1 Å². The lowest BCUT2D eigenvalue weighted by Gasteiger charge is -2.36. The molecule has 0 spiro atoms. The van der Waals surface area contributed by atoms with Crippen LogP contribution in [0.3, 0.4) is 0 Å². The van der Waals surface area contributed by atoms with Crippen molar-refractivity contribution < 1.29 is 23.1 Å². The molecule has 2 aliphatic heterocycles. The second kappa shape index (κ2) is 5.52. The lowest BCUT2D eigenvalue weighted by Crippen LogP contribution is -2.54. The van der Waals surface area contributed by atoms with Crippen molar-refractivity contribution in [3.63, 3.8) is 0 Å². The van der Waals surface area contributed by atoms with Gasteiger partial charge in [-0.05, 0) is 0 Å². The number of hydrogen-bond donors (Lipinski definition) is 1. The van der Waals surface area contributed by atoms with E-state index in [0.717, 1.165) is 0 Å². The Morgan fingerprint density at radius 1 is 1.28 bits per heavy atom. The number of sulfonamides is 1. The van der Waals surface area contributed by atoms with Gasteiger partial charge in [0.05, 0.1) is 25.1 Å². The van der Waals surface area contributed by atoms with Crippen molar-refractivity contribution in [3.05, 3.63) is 0 Å². The molecule has 8 heteroatoms. The molecule has 2 heterocycles. The van der Waals surface area contributed by atoms with E-state index in [-0.39, 0.29) is 18.1 Å². The average molecular weight is 278 g/mol. The summed E-state index contributed by atoms with van der Waals surface area (Å²) in [4.78, 5) is 13.1. The van der Waals surface area contributed by atoms with Crippen molar-refractivity contribution in [2.24, 2.45) is 0 Å². The van der Waals surface area contributed by atoms with E-state index in [1.54, 1.807) is 0 Å². The highest BCUT2D eigenvalue weighted by atomic mass is 32.2. The highest BCUT2D eigenvalue weighted by Crippen LogP contribution is 2.12. The largest absolute Gasteiger partial charge is 0.389 e. The number of morpholine rings is 1. The number of likely N-dealkylation sites (tertiary alicyclic amines) is 1. The number of aliphatic hydroxyl groups excluding tert-OH is 1. The van der Waals surface area contributed by atoms with Crippen LogP contribution in [0.1, 0.15) is 6.42 Å². The number of hydrogen-bond acceptors (Lipinski definition) is 5. The minimum absolute atomic E-state index is 0.0214. The fourth-order valence-corrected chi connectivity index (χ4v) is 3.38. The van der Waals surface area contributed by atoms with Gasteiger partial charge in [-0.2, -0.15) is 4.31 Å². The predicted molar refractivity (Wildman–Crippen MR) is 63.4 cm³/mol. The maximum Gasteiger partial charge on any atom is 0.223 e. The van der Waals surface area contributed by atoms with Crippen LogP contribution in [0, 0.1) is 0 Å². The standard InChI is InChI=1S/C10H18N2O5S/c13-9-7-11(8-9)10(14)1-6-18(15,16)12-2-4-17-5-3-12/h9,13H,1-8H2. The van der Waals surface area contributed by atoms with E-state index in [9.17, 15) is 13.2 Å². The number of aliphatic hydroxyl groups is 1. The van der Waals surface area contributed by atoms with Gasteiger partial charge in [0.2, 0.25) is 15.9 Å². The van der Waals surface area contributed by atoms with Gasteiger partial charge in [-0.15, -0.1) is 0 Å². The average Bonchev–Trinajstić information content (AvgIpc) is 2.33. The SMILES string of the molecule is O=C(CCS(=O)(=O)N1CCOCC1)N1CC(O)C1. The number of carbonyl (C=O) groups is 1. The van der Waals surface area contributed by atoms with Crippen molar-refractivity contribution in [1.82, 2.24) is 9.21 Å². The van der Waals surface area contributed by atoms with E-state index in [4.69, 9.17) is 9.84 Å². The minimum atomic E-state index is -3.37. The summed E-state index contributed by atoms with van der Waals surface area (Å²) in [6, 6.07) is 0. The van der Waals surface area contributed by atoms with E-state index >= 15 is 0 Å². The van der Waals surface area contributed by atoms with Crippen LogP contribution in [-0.4, -0.2) is 79.9 Å². The normalized spacial score (nSPS) is 22.8. The third kappa shape index (κ3) is 3.19. The van der Waals surface area contributed by atoms with Crippen LogP contribution in [0.15, 0.2) is 0 Å². The lowest BCUT2D eigenvalue weighted by molar-refractivity contribution is -0.140. The van der Waals surface area contributed by atoms with Gasteiger partial charge in [0, 0.05) is 32.6 Å². The first kappa shape index (κ1) is 13.7. The molecule has 2 aliphatic rings. The van der Waals surface area contributed by atoms with Gasteiger partial charge in [0.25, 0.3) is 0 Å². The van der Waals surface area contributed by atoms with E-state index in [0.29, 0.717) is 39.4 Å². The molecule has 7 nitrogen and oxygen atoms in total. The third-order valence-electron chi connectivity index (χ3n) is 3.15. The van der Waals surface area contributed by atoms with E-state index in [2.05, 4.69) is 0 Å². The Bertz CT molecular complexity index is 398. The number of rotatable bonds is 4. The zero-order valence-corrected chi connectivity index (χ0v) is 10.9. The maximum absolute atomic E-state index is 11.9. The molecule has 1 N–H and O–H groups in total. The summed E-state index contributed by atoms with van der Waals surface area (Å²) >= 11 is 0. The van der Waals surface area contributed by atoms with Gasteiger partial charge in [-0.1, -0.05) is 0 Å². The quantitative estimate of drug-likeness (QED) is 0.658. The molecule has 2 rings (SSSR count). The summed E-state index contributed by atoms with van der Waals surface area (Å²) in [5, 5.41) is 9.06. The molecule has 0 atom stereocenters. The topological polar surface area (TPSA) is 87.2 Å². The molecule has 0 aliphatic carbocycles. The lowest BCUT2D eigenvalue weighted by atomic mass is 10.1. The Morgan fingerprint density at radius 2 is 1.89 bits per heavy atom. The number of carbonyl (C=O) groups excluding carboxylic acids is 1. The molecule has 2 fully saturated rings. The molecule has 18 heavy (non-hydrogen) atoms. The Kier molecular flexibility index (Phi) is 4.21. The van der Waals surface area contributed by atoms with Gasteiger partial charge in [0.15, 0.2) is 0 Å². The fraction of sp³-hybridized carbons (Fsp3) is 0.900.